The SMILES string of the molecule is Cc1cccn2c(C)c(C(O)=C3C(=O)C(=O)N(c4nc5ccc(Cl)cc5s4)C3c3ccc([N+](=O)[O-])cc3)nc12. The van der Waals surface area contributed by atoms with E-state index in [-0.39, 0.29) is 22.1 Å². The molecule has 10 nitrogen and oxygen atoms in total. The molecule has 1 atom stereocenters. The number of aliphatic hydroxyl groups excluding tert-OH is 1. The number of pyridine rings is 1. The molecule has 2 aromatic carbocycles. The molecule has 39 heavy (non-hydrogen) atoms. The quantitative estimate of drug-likeness (QED) is 0.0975. The number of rotatable bonds is 4. The number of carbonyl (C=O) groups is 2. The van der Waals surface area contributed by atoms with Gasteiger partial charge in [0.25, 0.3) is 11.5 Å². The van der Waals surface area contributed by atoms with Gasteiger partial charge in [0.2, 0.25) is 0 Å². The monoisotopic (exact) mass is 559 g/mol. The Morgan fingerprint density at radius 2 is 1.85 bits per heavy atom. The highest BCUT2D eigenvalue weighted by Crippen LogP contribution is 2.45. The number of hydrogen-bond donors (Lipinski definition) is 1. The second-order valence-electron chi connectivity index (χ2n) is 9.06. The summed E-state index contributed by atoms with van der Waals surface area (Å²) >= 11 is 7.30. The Morgan fingerprint density at radius 3 is 2.54 bits per heavy atom. The smallest absolute Gasteiger partial charge is 0.301 e. The number of ketones is 1. The number of aliphatic hydroxyl groups is 1. The van der Waals surface area contributed by atoms with Gasteiger partial charge in [-0.3, -0.25) is 24.6 Å². The zero-order valence-electron chi connectivity index (χ0n) is 20.5. The number of nitro benzene ring substituents is 1. The molecule has 0 saturated carbocycles. The Kier molecular flexibility index (Phi) is 5.70. The van der Waals surface area contributed by atoms with Crippen molar-refractivity contribution in [2.24, 2.45) is 0 Å². The Balaban J connectivity index is 1.59. The number of non-ortho nitro benzene ring substituents is 1. The topological polar surface area (TPSA) is 131 Å². The first-order valence-corrected chi connectivity index (χ1v) is 12.9. The van der Waals surface area contributed by atoms with Gasteiger partial charge in [0.1, 0.15) is 11.3 Å². The van der Waals surface area contributed by atoms with Gasteiger partial charge in [-0.05, 0) is 61.4 Å². The second-order valence-corrected chi connectivity index (χ2v) is 10.5. The lowest BCUT2D eigenvalue weighted by Crippen LogP contribution is -2.29. The van der Waals surface area contributed by atoms with E-state index < -0.39 is 28.4 Å². The van der Waals surface area contributed by atoms with Crippen LogP contribution in [0.4, 0.5) is 10.8 Å². The van der Waals surface area contributed by atoms with Crippen molar-refractivity contribution in [2.75, 3.05) is 4.90 Å². The highest BCUT2D eigenvalue weighted by molar-refractivity contribution is 7.22. The molecule has 4 heterocycles. The molecular weight excluding hydrogens is 542 g/mol. The first kappa shape index (κ1) is 24.7. The molecule has 1 unspecified atom stereocenters. The van der Waals surface area contributed by atoms with Gasteiger partial charge in [-0.1, -0.05) is 29.0 Å². The number of aryl methyl sites for hydroxylation is 2. The van der Waals surface area contributed by atoms with Crippen LogP contribution in [0.15, 0.2) is 66.4 Å². The summed E-state index contributed by atoms with van der Waals surface area (Å²) in [6.07, 6.45) is 1.79. The maximum absolute atomic E-state index is 13.5. The molecule has 0 bridgehead atoms. The van der Waals surface area contributed by atoms with E-state index in [9.17, 15) is 24.8 Å². The summed E-state index contributed by atoms with van der Waals surface area (Å²) in [6, 6.07) is 13.2. The van der Waals surface area contributed by atoms with Crippen molar-refractivity contribution in [2.45, 2.75) is 19.9 Å². The molecule has 0 aliphatic carbocycles. The van der Waals surface area contributed by atoms with Crippen molar-refractivity contribution in [1.82, 2.24) is 14.4 Å². The van der Waals surface area contributed by atoms with Crippen molar-refractivity contribution in [3.63, 3.8) is 0 Å². The minimum Gasteiger partial charge on any atom is -0.505 e. The van der Waals surface area contributed by atoms with Gasteiger partial charge >= 0.3 is 5.91 Å². The van der Waals surface area contributed by atoms with Crippen molar-refractivity contribution >= 4 is 67.1 Å². The first-order chi connectivity index (χ1) is 18.7. The van der Waals surface area contributed by atoms with Crippen LogP contribution >= 0.6 is 22.9 Å². The van der Waals surface area contributed by atoms with Crippen LogP contribution in [0.3, 0.4) is 0 Å². The van der Waals surface area contributed by atoms with Gasteiger partial charge in [0.15, 0.2) is 10.9 Å². The largest absolute Gasteiger partial charge is 0.505 e. The molecule has 0 spiro atoms. The van der Waals surface area contributed by atoms with Crippen LogP contribution in [0.2, 0.25) is 5.02 Å². The average molecular weight is 560 g/mol. The Hall–Kier alpha value is -4.61. The number of anilines is 1. The van der Waals surface area contributed by atoms with E-state index >= 15 is 0 Å². The van der Waals surface area contributed by atoms with Crippen LogP contribution < -0.4 is 4.90 Å². The summed E-state index contributed by atoms with van der Waals surface area (Å²) in [4.78, 5) is 48.1. The van der Waals surface area contributed by atoms with Gasteiger partial charge < -0.3 is 9.51 Å². The Morgan fingerprint density at radius 1 is 1.10 bits per heavy atom. The zero-order valence-corrected chi connectivity index (χ0v) is 22.0. The first-order valence-electron chi connectivity index (χ1n) is 11.7. The minimum absolute atomic E-state index is 0.156. The summed E-state index contributed by atoms with van der Waals surface area (Å²) in [7, 11) is 0. The number of nitrogens with zero attached hydrogens (tertiary/aromatic N) is 5. The van der Waals surface area contributed by atoms with Crippen LogP contribution in [-0.2, 0) is 9.59 Å². The van der Waals surface area contributed by atoms with E-state index in [0.717, 1.165) is 16.9 Å². The number of benzene rings is 2. The van der Waals surface area contributed by atoms with E-state index in [2.05, 4.69) is 9.97 Å². The highest BCUT2D eigenvalue weighted by Gasteiger charge is 2.48. The normalized spacial score (nSPS) is 17.0. The predicted octanol–water partition coefficient (Wildman–Crippen LogP) is 5.75. The van der Waals surface area contributed by atoms with E-state index in [0.29, 0.717) is 32.1 Å². The van der Waals surface area contributed by atoms with Gasteiger partial charge in [-0.2, -0.15) is 0 Å². The standard InChI is InChI=1S/C27H18ClN5O5S/c1-13-4-3-11-31-14(2)21(30-25(13)31)23(34)20-22(15-5-8-17(9-6-15)33(37)38)32(26(36)24(20)35)27-29-18-10-7-16(28)12-19(18)39-27/h3-12,22,34H,1-2H3. The molecule has 194 valence electrons. The lowest BCUT2D eigenvalue weighted by molar-refractivity contribution is -0.384. The number of nitro groups is 1. The number of hydrogen-bond acceptors (Lipinski definition) is 8. The van der Waals surface area contributed by atoms with Crippen molar-refractivity contribution in [1.29, 1.82) is 0 Å². The number of fused-ring (bicyclic) bond motifs is 2. The fraction of sp³-hybridized carbons (Fsp3) is 0.111. The fourth-order valence-electron chi connectivity index (χ4n) is 4.79. The van der Waals surface area contributed by atoms with E-state index in [4.69, 9.17) is 11.6 Å². The molecule has 0 radical (unpaired) electrons. The van der Waals surface area contributed by atoms with Gasteiger partial charge in [-0.15, -0.1) is 0 Å². The maximum Gasteiger partial charge on any atom is 0.301 e. The van der Waals surface area contributed by atoms with Gasteiger partial charge in [-0.25, -0.2) is 9.97 Å². The highest BCUT2D eigenvalue weighted by atomic mass is 35.5. The number of amides is 1. The third-order valence-corrected chi connectivity index (χ3v) is 7.97. The molecule has 1 aliphatic rings. The number of halogens is 1. The summed E-state index contributed by atoms with van der Waals surface area (Å²) in [5.41, 5.74) is 2.82. The predicted molar refractivity (Wildman–Crippen MR) is 147 cm³/mol. The molecule has 1 fully saturated rings. The lowest BCUT2D eigenvalue weighted by atomic mass is 9.96. The summed E-state index contributed by atoms with van der Waals surface area (Å²) in [5.74, 6) is -2.24. The second kappa shape index (κ2) is 9.00. The third-order valence-electron chi connectivity index (χ3n) is 6.72. The number of aromatic nitrogens is 3. The van der Waals surface area contributed by atoms with Gasteiger partial charge in [0, 0.05) is 23.4 Å². The van der Waals surface area contributed by atoms with Crippen molar-refractivity contribution in [3.05, 3.63) is 104 Å². The molecule has 6 rings (SSSR count). The summed E-state index contributed by atoms with van der Waals surface area (Å²) in [6.45, 7) is 3.63. The van der Waals surface area contributed by atoms with Crippen LogP contribution in [0.5, 0.6) is 0 Å². The van der Waals surface area contributed by atoms with Crippen molar-refractivity contribution < 1.29 is 19.6 Å². The number of thiazole rings is 1. The fourth-order valence-corrected chi connectivity index (χ4v) is 6.06. The molecule has 1 amide bonds. The molecule has 1 N–H and O–H groups in total. The molecule has 1 aliphatic heterocycles. The Labute approximate surface area is 229 Å². The van der Waals surface area contributed by atoms with Crippen LogP contribution in [0.25, 0.3) is 21.6 Å². The molecule has 3 aromatic heterocycles. The van der Waals surface area contributed by atoms with Crippen molar-refractivity contribution in [3.8, 4) is 0 Å². The number of Topliss-reactive ketones (excluding diaryl/α,β-unsaturated/α-hetero) is 1. The van der Waals surface area contributed by atoms with E-state index in [1.807, 2.05) is 19.1 Å². The molecular formula is C27H18ClN5O5S. The van der Waals surface area contributed by atoms with E-state index in [1.54, 1.807) is 35.7 Å². The molecule has 12 heteroatoms. The third kappa shape index (κ3) is 3.85. The molecule has 5 aromatic rings. The van der Waals surface area contributed by atoms with Crippen LogP contribution in [0.1, 0.15) is 28.6 Å². The van der Waals surface area contributed by atoms with Crippen LogP contribution in [0, 0.1) is 24.0 Å². The number of imidazole rings is 1. The average Bonchev–Trinajstić information content (AvgIpc) is 3.56. The zero-order chi connectivity index (χ0) is 27.6. The Bertz CT molecular complexity index is 1890. The lowest BCUT2D eigenvalue weighted by Gasteiger charge is -2.22. The maximum atomic E-state index is 13.5. The van der Waals surface area contributed by atoms with Gasteiger partial charge in [0.05, 0.1) is 32.4 Å². The summed E-state index contributed by atoms with van der Waals surface area (Å²) in [5, 5.41) is 23.5. The van der Waals surface area contributed by atoms with Crippen LogP contribution in [-0.4, -0.2) is 36.1 Å². The molecule has 1 saturated heterocycles. The minimum atomic E-state index is -1.10. The van der Waals surface area contributed by atoms with E-state index in [1.165, 1.54) is 29.2 Å². The number of carbonyl (C=O) groups excluding carboxylic acids is 2. The summed E-state index contributed by atoms with van der Waals surface area (Å²) < 4.78 is 2.49.